The number of hydrogen-bond acceptors (Lipinski definition) is 4. The summed E-state index contributed by atoms with van der Waals surface area (Å²) in [6.07, 6.45) is 2.74. The fraction of sp³-hybridized carbons (Fsp3) is 0.348. The normalized spacial score (nSPS) is 11.0. The number of nitrogens with one attached hydrogen (secondary N) is 2. The number of ether oxygens (including phenoxy) is 1. The van der Waals surface area contributed by atoms with E-state index in [1.807, 2.05) is 48.0 Å². The highest BCUT2D eigenvalue weighted by atomic mass is 127. The maximum Gasteiger partial charge on any atom is 0.191 e. The summed E-state index contributed by atoms with van der Waals surface area (Å²) in [5.41, 5.74) is 4.29. The van der Waals surface area contributed by atoms with Crippen LogP contribution in [0, 0.1) is 13.8 Å². The summed E-state index contributed by atoms with van der Waals surface area (Å²) in [6, 6.07) is 16.0. The summed E-state index contributed by atoms with van der Waals surface area (Å²) >= 11 is 0. The lowest BCUT2D eigenvalue weighted by Crippen LogP contribution is -2.37. The van der Waals surface area contributed by atoms with E-state index in [0.717, 1.165) is 48.2 Å². The van der Waals surface area contributed by atoms with Crippen LogP contribution in [0.15, 0.2) is 59.7 Å². The molecule has 3 rings (SSSR count). The van der Waals surface area contributed by atoms with Gasteiger partial charge in [0, 0.05) is 38.6 Å². The van der Waals surface area contributed by atoms with E-state index in [9.17, 15) is 0 Å². The minimum atomic E-state index is 0. The van der Waals surface area contributed by atoms with Crippen LogP contribution in [0.1, 0.15) is 29.1 Å². The summed E-state index contributed by atoms with van der Waals surface area (Å²) in [7, 11) is 1.78. The Balaban J connectivity index is 0.00000341. The zero-order chi connectivity index (χ0) is 21.2. The van der Waals surface area contributed by atoms with Crippen molar-refractivity contribution in [1.82, 2.24) is 25.4 Å². The van der Waals surface area contributed by atoms with Crippen LogP contribution in [-0.4, -0.2) is 34.3 Å². The number of hydrogen-bond donors (Lipinski definition) is 2. The van der Waals surface area contributed by atoms with Crippen molar-refractivity contribution in [1.29, 1.82) is 0 Å². The molecule has 2 N–H and O–H groups in total. The SMILES string of the molecule is CN=C(NCCCn1nc(C)cc1C)NCc1cccc(OCc2ccccn2)c1.I. The number of aromatic nitrogens is 3. The van der Waals surface area contributed by atoms with Crippen LogP contribution in [-0.2, 0) is 19.7 Å². The van der Waals surface area contributed by atoms with E-state index in [1.54, 1.807) is 13.2 Å². The molecule has 0 amide bonds. The highest BCUT2D eigenvalue weighted by Gasteiger charge is 2.03. The second kappa shape index (κ2) is 12.9. The molecule has 166 valence electrons. The number of halogens is 1. The number of pyridine rings is 1. The van der Waals surface area contributed by atoms with E-state index in [-0.39, 0.29) is 24.0 Å². The van der Waals surface area contributed by atoms with Crippen molar-refractivity contribution < 1.29 is 4.74 Å². The molecule has 8 heteroatoms. The standard InChI is InChI=1S/C23H30N6O.HI/c1-18-14-19(2)29(28-18)13-7-12-26-23(24-3)27-16-20-8-6-10-22(15-20)30-17-21-9-4-5-11-25-21;/h4-6,8-11,14-15H,7,12-13,16-17H2,1-3H3,(H2,24,26,27);1H. The maximum atomic E-state index is 5.85. The molecule has 2 aromatic heterocycles. The van der Waals surface area contributed by atoms with Gasteiger partial charge in [-0.1, -0.05) is 18.2 Å². The van der Waals surface area contributed by atoms with Crippen LogP contribution in [0.5, 0.6) is 5.75 Å². The summed E-state index contributed by atoms with van der Waals surface area (Å²) in [5, 5.41) is 11.2. The number of aliphatic imine (C=N–C) groups is 1. The number of aryl methyl sites for hydroxylation is 3. The molecule has 0 radical (unpaired) electrons. The lowest BCUT2D eigenvalue weighted by atomic mass is 10.2. The Labute approximate surface area is 201 Å². The zero-order valence-corrected chi connectivity index (χ0v) is 20.7. The van der Waals surface area contributed by atoms with Gasteiger partial charge in [0.2, 0.25) is 0 Å². The molecule has 0 aliphatic heterocycles. The van der Waals surface area contributed by atoms with E-state index in [4.69, 9.17) is 4.74 Å². The van der Waals surface area contributed by atoms with Gasteiger partial charge in [-0.3, -0.25) is 14.7 Å². The van der Waals surface area contributed by atoms with E-state index in [2.05, 4.69) is 44.8 Å². The van der Waals surface area contributed by atoms with E-state index >= 15 is 0 Å². The minimum absolute atomic E-state index is 0. The Morgan fingerprint density at radius 2 is 1.97 bits per heavy atom. The molecule has 0 aliphatic carbocycles. The van der Waals surface area contributed by atoms with Crippen molar-refractivity contribution in [3.63, 3.8) is 0 Å². The lowest BCUT2D eigenvalue weighted by molar-refractivity contribution is 0.301. The van der Waals surface area contributed by atoms with Crippen molar-refractivity contribution in [3.05, 3.63) is 77.4 Å². The molecular weight excluding hydrogens is 503 g/mol. The molecule has 1 aromatic carbocycles. The smallest absolute Gasteiger partial charge is 0.191 e. The van der Waals surface area contributed by atoms with Crippen LogP contribution in [0.3, 0.4) is 0 Å². The predicted molar refractivity (Wildman–Crippen MR) is 135 cm³/mol. The van der Waals surface area contributed by atoms with Gasteiger partial charge in [-0.15, -0.1) is 24.0 Å². The van der Waals surface area contributed by atoms with Gasteiger partial charge in [0.1, 0.15) is 12.4 Å². The highest BCUT2D eigenvalue weighted by molar-refractivity contribution is 14.0. The molecule has 0 saturated heterocycles. The third-order valence-electron chi connectivity index (χ3n) is 4.64. The first-order valence-corrected chi connectivity index (χ1v) is 10.2. The molecule has 7 nitrogen and oxygen atoms in total. The molecule has 0 unspecified atom stereocenters. The Morgan fingerprint density at radius 3 is 2.68 bits per heavy atom. The molecule has 0 aliphatic rings. The maximum absolute atomic E-state index is 5.85. The van der Waals surface area contributed by atoms with Gasteiger partial charge in [-0.25, -0.2) is 0 Å². The molecule has 0 bridgehead atoms. The summed E-state index contributed by atoms with van der Waals surface area (Å²) in [6.45, 7) is 6.94. The molecule has 0 fully saturated rings. The first kappa shape index (κ1) is 24.6. The van der Waals surface area contributed by atoms with Gasteiger partial charge in [0.15, 0.2) is 5.96 Å². The van der Waals surface area contributed by atoms with Crippen molar-refractivity contribution >= 4 is 29.9 Å². The number of guanidine groups is 1. The van der Waals surface area contributed by atoms with Gasteiger partial charge in [0.25, 0.3) is 0 Å². The number of rotatable bonds is 9. The Kier molecular flexibility index (Phi) is 10.3. The average molecular weight is 534 g/mol. The Morgan fingerprint density at radius 1 is 1.10 bits per heavy atom. The second-order valence-corrected chi connectivity index (χ2v) is 7.11. The van der Waals surface area contributed by atoms with Crippen LogP contribution >= 0.6 is 24.0 Å². The summed E-state index contributed by atoms with van der Waals surface area (Å²) < 4.78 is 7.90. The minimum Gasteiger partial charge on any atom is -0.487 e. The van der Waals surface area contributed by atoms with Gasteiger partial charge < -0.3 is 15.4 Å². The summed E-state index contributed by atoms with van der Waals surface area (Å²) in [5.74, 6) is 1.61. The van der Waals surface area contributed by atoms with Crippen LogP contribution in [0.25, 0.3) is 0 Å². The van der Waals surface area contributed by atoms with Crippen molar-refractivity contribution in [3.8, 4) is 5.75 Å². The highest BCUT2D eigenvalue weighted by Crippen LogP contribution is 2.14. The van der Waals surface area contributed by atoms with Gasteiger partial charge in [-0.05, 0) is 56.2 Å². The molecule has 2 heterocycles. The summed E-state index contributed by atoms with van der Waals surface area (Å²) in [4.78, 5) is 8.58. The molecule has 3 aromatic rings. The predicted octanol–water partition coefficient (Wildman–Crippen LogP) is 3.85. The molecular formula is C23H31IN6O. The molecule has 31 heavy (non-hydrogen) atoms. The van der Waals surface area contributed by atoms with Crippen molar-refractivity contribution in [2.75, 3.05) is 13.6 Å². The fourth-order valence-electron chi connectivity index (χ4n) is 3.13. The van der Waals surface area contributed by atoms with Crippen LogP contribution in [0.2, 0.25) is 0 Å². The van der Waals surface area contributed by atoms with Crippen LogP contribution in [0.4, 0.5) is 0 Å². The number of benzene rings is 1. The zero-order valence-electron chi connectivity index (χ0n) is 18.3. The average Bonchev–Trinajstić information content (AvgIpc) is 3.09. The van der Waals surface area contributed by atoms with E-state index in [1.165, 1.54) is 5.69 Å². The van der Waals surface area contributed by atoms with E-state index < -0.39 is 0 Å². The van der Waals surface area contributed by atoms with Crippen molar-refractivity contribution in [2.45, 2.75) is 40.0 Å². The van der Waals surface area contributed by atoms with Gasteiger partial charge in [-0.2, -0.15) is 5.10 Å². The van der Waals surface area contributed by atoms with Crippen LogP contribution < -0.4 is 15.4 Å². The lowest BCUT2D eigenvalue weighted by Gasteiger charge is -2.13. The first-order valence-electron chi connectivity index (χ1n) is 10.2. The van der Waals surface area contributed by atoms with Crippen molar-refractivity contribution in [2.24, 2.45) is 4.99 Å². The number of nitrogens with zero attached hydrogens (tertiary/aromatic N) is 4. The largest absolute Gasteiger partial charge is 0.487 e. The third-order valence-corrected chi connectivity index (χ3v) is 4.64. The topological polar surface area (TPSA) is 76.4 Å². The molecule has 0 atom stereocenters. The first-order chi connectivity index (χ1) is 14.6. The van der Waals surface area contributed by atoms with Gasteiger partial charge >= 0.3 is 0 Å². The van der Waals surface area contributed by atoms with E-state index in [0.29, 0.717) is 13.2 Å². The van der Waals surface area contributed by atoms with Gasteiger partial charge in [0.05, 0.1) is 11.4 Å². The monoisotopic (exact) mass is 534 g/mol. The Hall–Kier alpha value is -2.62. The third kappa shape index (κ3) is 8.20. The second-order valence-electron chi connectivity index (χ2n) is 7.11. The Bertz CT molecular complexity index is 958. The molecule has 0 saturated carbocycles. The molecule has 0 spiro atoms. The fourth-order valence-corrected chi connectivity index (χ4v) is 3.13. The quantitative estimate of drug-likeness (QED) is 0.189.